The van der Waals surface area contributed by atoms with E-state index in [1.54, 1.807) is 6.07 Å². The fraction of sp³-hybridized carbons (Fsp3) is 0.308. The molecule has 1 aliphatic heterocycles. The predicted octanol–water partition coefficient (Wildman–Crippen LogP) is 2.78. The molecule has 2 aromatic rings. The maximum Gasteiger partial charge on any atom is 0.222 e. The molecule has 0 bridgehead atoms. The first-order valence-corrected chi connectivity index (χ1v) is 5.77. The SMILES string of the molecule is Nc1cc(-c2ccc(C3CCCO3)cc2)no1. The fourth-order valence-electron chi connectivity index (χ4n) is 2.13. The molecule has 0 aliphatic carbocycles. The first-order chi connectivity index (χ1) is 8.33. The summed E-state index contributed by atoms with van der Waals surface area (Å²) in [6.07, 6.45) is 2.51. The molecule has 1 aliphatic rings. The molecule has 4 nitrogen and oxygen atoms in total. The number of aromatic nitrogens is 1. The van der Waals surface area contributed by atoms with E-state index in [1.165, 1.54) is 5.56 Å². The van der Waals surface area contributed by atoms with E-state index in [9.17, 15) is 0 Å². The zero-order valence-corrected chi connectivity index (χ0v) is 9.43. The molecule has 0 saturated carbocycles. The Morgan fingerprint density at radius 1 is 1.24 bits per heavy atom. The van der Waals surface area contributed by atoms with Crippen molar-refractivity contribution in [2.24, 2.45) is 0 Å². The molecule has 1 fully saturated rings. The van der Waals surface area contributed by atoms with Crippen LogP contribution in [0.3, 0.4) is 0 Å². The normalized spacial score (nSPS) is 19.6. The molecule has 2 N–H and O–H groups in total. The molecule has 0 spiro atoms. The molecule has 1 saturated heterocycles. The van der Waals surface area contributed by atoms with Crippen molar-refractivity contribution in [1.82, 2.24) is 5.16 Å². The minimum absolute atomic E-state index is 0.256. The number of nitrogens with zero attached hydrogens (tertiary/aromatic N) is 1. The van der Waals surface area contributed by atoms with E-state index in [1.807, 2.05) is 12.1 Å². The summed E-state index contributed by atoms with van der Waals surface area (Å²) >= 11 is 0. The van der Waals surface area contributed by atoms with Crippen LogP contribution >= 0.6 is 0 Å². The Kier molecular flexibility index (Phi) is 2.57. The summed E-state index contributed by atoms with van der Waals surface area (Å²) in [6.45, 7) is 0.867. The Morgan fingerprint density at radius 2 is 2.06 bits per heavy atom. The molecule has 17 heavy (non-hydrogen) atoms. The molecular weight excluding hydrogens is 216 g/mol. The van der Waals surface area contributed by atoms with Gasteiger partial charge in [0.2, 0.25) is 5.88 Å². The van der Waals surface area contributed by atoms with Crippen molar-refractivity contribution >= 4 is 5.88 Å². The van der Waals surface area contributed by atoms with Gasteiger partial charge >= 0.3 is 0 Å². The highest BCUT2D eigenvalue weighted by Gasteiger charge is 2.17. The number of nitrogen functional groups attached to an aromatic ring is 1. The molecule has 1 unspecified atom stereocenters. The number of benzene rings is 1. The van der Waals surface area contributed by atoms with Crippen LogP contribution in [-0.2, 0) is 4.74 Å². The topological polar surface area (TPSA) is 61.3 Å². The summed E-state index contributed by atoms with van der Waals surface area (Å²) < 4.78 is 10.5. The summed E-state index contributed by atoms with van der Waals surface area (Å²) in [5.41, 5.74) is 8.49. The van der Waals surface area contributed by atoms with Crippen molar-refractivity contribution < 1.29 is 9.26 Å². The first kappa shape index (κ1) is 10.4. The van der Waals surface area contributed by atoms with Crippen molar-refractivity contribution in [2.75, 3.05) is 12.3 Å². The molecule has 1 aromatic carbocycles. The van der Waals surface area contributed by atoms with Crippen molar-refractivity contribution in [3.8, 4) is 11.3 Å². The average Bonchev–Trinajstić information content (AvgIpc) is 3.00. The number of hydrogen-bond acceptors (Lipinski definition) is 4. The molecule has 0 amide bonds. The van der Waals surface area contributed by atoms with Gasteiger partial charge in [-0.25, -0.2) is 0 Å². The van der Waals surface area contributed by atoms with Gasteiger partial charge in [-0.3, -0.25) is 0 Å². The summed E-state index contributed by atoms with van der Waals surface area (Å²) in [5, 5.41) is 3.88. The van der Waals surface area contributed by atoms with Crippen LogP contribution in [0.5, 0.6) is 0 Å². The molecule has 4 heteroatoms. The van der Waals surface area contributed by atoms with Crippen LogP contribution in [0.1, 0.15) is 24.5 Å². The molecular formula is C13H14N2O2. The molecule has 1 aromatic heterocycles. The molecule has 1 atom stereocenters. The van der Waals surface area contributed by atoms with E-state index < -0.39 is 0 Å². The van der Waals surface area contributed by atoms with Crippen LogP contribution in [0.15, 0.2) is 34.9 Å². The lowest BCUT2D eigenvalue weighted by molar-refractivity contribution is 0.112. The molecule has 3 rings (SSSR count). The summed E-state index contributed by atoms with van der Waals surface area (Å²) in [5.74, 6) is 0.336. The van der Waals surface area contributed by atoms with Gasteiger partial charge in [-0.15, -0.1) is 0 Å². The quantitative estimate of drug-likeness (QED) is 0.861. The Bertz CT molecular complexity index is 498. The van der Waals surface area contributed by atoms with Crippen molar-refractivity contribution in [1.29, 1.82) is 0 Å². The lowest BCUT2D eigenvalue weighted by Crippen LogP contribution is -1.94. The number of hydrogen-bond donors (Lipinski definition) is 1. The zero-order chi connectivity index (χ0) is 11.7. The van der Waals surface area contributed by atoms with E-state index in [4.69, 9.17) is 15.0 Å². The van der Waals surface area contributed by atoms with Crippen LogP contribution < -0.4 is 5.73 Å². The Hall–Kier alpha value is -1.81. The van der Waals surface area contributed by atoms with Crippen molar-refractivity contribution in [2.45, 2.75) is 18.9 Å². The van der Waals surface area contributed by atoms with Crippen molar-refractivity contribution in [3.63, 3.8) is 0 Å². The second kappa shape index (κ2) is 4.22. The highest BCUT2D eigenvalue weighted by molar-refractivity contribution is 5.61. The highest BCUT2D eigenvalue weighted by Crippen LogP contribution is 2.30. The minimum Gasteiger partial charge on any atom is -0.374 e. The highest BCUT2D eigenvalue weighted by atomic mass is 16.5. The third kappa shape index (κ3) is 2.03. The zero-order valence-electron chi connectivity index (χ0n) is 9.43. The van der Waals surface area contributed by atoms with Crippen LogP contribution in [-0.4, -0.2) is 11.8 Å². The average molecular weight is 230 g/mol. The molecule has 88 valence electrons. The smallest absolute Gasteiger partial charge is 0.222 e. The van der Waals surface area contributed by atoms with Gasteiger partial charge in [0.25, 0.3) is 0 Å². The van der Waals surface area contributed by atoms with Gasteiger partial charge in [0, 0.05) is 18.2 Å². The fourth-order valence-corrected chi connectivity index (χ4v) is 2.13. The van der Waals surface area contributed by atoms with Gasteiger partial charge < -0.3 is 15.0 Å². The van der Waals surface area contributed by atoms with Crippen LogP contribution in [0.25, 0.3) is 11.3 Å². The van der Waals surface area contributed by atoms with Gasteiger partial charge in [-0.1, -0.05) is 29.4 Å². The van der Waals surface area contributed by atoms with E-state index in [0.717, 1.165) is 30.7 Å². The van der Waals surface area contributed by atoms with Gasteiger partial charge in [0.05, 0.1) is 6.10 Å². The Balaban J connectivity index is 1.84. The maximum atomic E-state index is 5.63. The van der Waals surface area contributed by atoms with Gasteiger partial charge in [0.1, 0.15) is 5.69 Å². The monoisotopic (exact) mass is 230 g/mol. The third-order valence-corrected chi connectivity index (χ3v) is 3.04. The Morgan fingerprint density at radius 3 is 2.65 bits per heavy atom. The summed E-state index contributed by atoms with van der Waals surface area (Å²) in [4.78, 5) is 0. The van der Waals surface area contributed by atoms with Gasteiger partial charge in [0.15, 0.2) is 0 Å². The van der Waals surface area contributed by atoms with Crippen LogP contribution in [0.2, 0.25) is 0 Å². The predicted molar refractivity (Wildman–Crippen MR) is 64.3 cm³/mol. The van der Waals surface area contributed by atoms with Gasteiger partial charge in [-0.05, 0) is 18.4 Å². The first-order valence-electron chi connectivity index (χ1n) is 5.77. The summed E-state index contributed by atoms with van der Waals surface area (Å²) in [6, 6.07) is 9.93. The standard InChI is InChI=1S/C13H14N2O2/c14-13-8-11(15-17-13)9-3-5-10(6-4-9)12-2-1-7-16-12/h3-6,8,12H,1-2,7,14H2. The second-order valence-electron chi connectivity index (χ2n) is 4.24. The summed E-state index contributed by atoms with van der Waals surface area (Å²) in [7, 11) is 0. The van der Waals surface area contributed by atoms with E-state index in [-0.39, 0.29) is 6.10 Å². The minimum atomic E-state index is 0.256. The number of nitrogens with two attached hydrogens (primary N) is 1. The van der Waals surface area contributed by atoms with Crippen LogP contribution in [0, 0.1) is 0 Å². The molecule has 2 heterocycles. The third-order valence-electron chi connectivity index (χ3n) is 3.04. The molecule has 0 radical (unpaired) electrons. The lowest BCUT2D eigenvalue weighted by Gasteiger charge is -2.09. The Labute approximate surface area is 99.4 Å². The van der Waals surface area contributed by atoms with E-state index >= 15 is 0 Å². The number of ether oxygens (including phenoxy) is 1. The van der Waals surface area contributed by atoms with Gasteiger partial charge in [-0.2, -0.15) is 0 Å². The maximum absolute atomic E-state index is 5.63. The lowest BCUT2D eigenvalue weighted by atomic mass is 10.0. The number of anilines is 1. The second-order valence-corrected chi connectivity index (χ2v) is 4.24. The number of rotatable bonds is 2. The largest absolute Gasteiger partial charge is 0.374 e. The van der Waals surface area contributed by atoms with E-state index in [0.29, 0.717) is 5.88 Å². The van der Waals surface area contributed by atoms with Crippen molar-refractivity contribution in [3.05, 3.63) is 35.9 Å². The van der Waals surface area contributed by atoms with Crippen LogP contribution in [0.4, 0.5) is 5.88 Å². The van der Waals surface area contributed by atoms with E-state index in [2.05, 4.69) is 17.3 Å².